The highest BCUT2D eigenvalue weighted by atomic mass is 32.2. The molecule has 96 valence electrons. The molecule has 0 spiro atoms. The quantitative estimate of drug-likeness (QED) is 0.879. The van der Waals surface area contributed by atoms with Crippen LogP contribution in [-0.2, 0) is 10.0 Å². The van der Waals surface area contributed by atoms with Gasteiger partial charge >= 0.3 is 0 Å². The van der Waals surface area contributed by atoms with Gasteiger partial charge in [0.05, 0.1) is 0 Å². The molecule has 1 unspecified atom stereocenters. The molecular weight excluding hydrogens is 238 g/mol. The van der Waals surface area contributed by atoms with Crippen LogP contribution in [-0.4, -0.2) is 30.4 Å². The van der Waals surface area contributed by atoms with E-state index in [0.29, 0.717) is 6.54 Å². The predicted molar refractivity (Wildman–Crippen MR) is 67.4 cm³/mol. The minimum Gasteiger partial charge on any atom is -0.507 e. The topological polar surface area (TPSA) is 57.6 Å². The molecule has 0 aromatic heterocycles. The first-order chi connectivity index (χ1) is 7.95. The van der Waals surface area contributed by atoms with Crippen LogP contribution in [0.15, 0.2) is 29.2 Å². The maximum Gasteiger partial charge on any atom is 0.246 e. The van der Waals surface area contributed by atoms with Crippen molar-refractivity contribution in [1.29, 1.82) is 0 Å². The highest BCUT2D eigenvalue weighted by molar-refractivity contribution is 7.89. The third kappa shape index (κ3) is 2.79. The minimum atomic E-state index is -3.61. The number of rotatable bonds is 5. The van der Waals surface area contributed by atoms with Gasteiger partial charge in [0.25, 0.3) is 0 Å². The van der Waals surface area contributed by atoms with Crippen LogP contribution in [0.5, 0.6) is 5.75 Å². The summed E-state index contributed by atoms with van der Waals surface area (Å²) in [6.07, 6.45) is 0.737. The Morgan fingerprint density at radius 1 is 1.29 bits per heavy atom. The summed E-state index contributed by atoms with van der Waals surface area (Å²) in [7, 11) is -3.61. The minimum absolute atomic E-state index is 0.0258. The number of para-hydroxylation sites is 1. The van der Waals surface area contributed by atoms with Gasteiger partial charge in [-0.3, -0.25) is 0 Å². The molecule has 0 fully saturated rings. The molecule has 0 aliphatic rings. The van der Waals surface area contributed by atoms with Crippen molar-refractivity contribution in [3.8, 4) is 5.75 Å². The summed E-state index contributed by atoms with van der Waals surface area (Å²) in [4.78, 5) is -0.0258. The Kier molecular flexibility index (Phi) is 4.54. The maximum absolute atomic E-state index is 12.4. The Labute approximate surface area is 103 Å². The summed E-state index contributed by atoms with van der Waals surface area (Å²) < 4.78 is 26.1. The molecule has 0 saturated carbocycles. The molecule has 17 heavy (non-hydrogen) atoms. The summed E-state index contributed by atoms with van der Waals surface area (Å²) in [6.45, 7) is 5.99. The van der Waals surface area contributed by atoms with Gasteiger partial charge in [-0.1, -0.05) is 26.0 Å². The first-order valence-corrected chi connectivity index (χ1v) is 7.19. The molecule has 0 bridgehead atoms. The molecule has 0 aliphatic heterocycles. The molecule has 1 atom stereocenters. The highest BCUT2D eigenvalue weighted by Crippen LogP contribution is 2.26. The molecule has 1 aromatic rings. The van der Waals surface area contributed by atoms with Crippen LogP contribution in [0.25, 0.3) is 0 Å². The Hall–Kier alpha value is -1.07. The number of phenolic OH excluding ortho intramolecular Hbond substituents is 1. The van der Waals surface area contributed by atoms with E-state index >= 15 is 0 Å². The number of benzene rings is 1. The Morgan fingerprint density at radius 2 is 1.88 bits per heavy atom. The number of hydrogen-bond donors (Lipinski definition) is 1. The van der Waals surface area contributed by atoms with Crippen molar-refractivity contribution in [2.75, 3.05) is 6.54 Å². The summed E-state index contributed by atoms with van der Waals surface area (Å²) in [5.74, 6) is -0.200. The van der Waals surface area contributed by atoms with Crippen molar-refractivity contribution in [3.05, 3.63) is 24.3 Å². The van der Waals surface area contributed by atoms with Crippen LogP contribution in [0.3, 0.4) is 0 Å². The van der Waals surface area contributed by atoms with Gasteiger partial charge < -0.3 is 5.11 Å². The average molecular weight is 257 g/mol. The molecule has 0 radical (unpaired) electrons. The van der Waals surface area contributed by atoms with Crippen molar-refractivity contribution in [1.82, 2.24) is 4.31 Å². The number of sulfonamides is 1. The van der Waals surface area contributed by atoms with Gasteiger partial charge in [-0.25, -0.2) is 8.42 Å². The van der Waals surface area contributed by atoms with Crippen LogP contribution in [0, 0.1) is 0 Å². The second-order valence-corrected chi connectivity index (χ2v) is 5.79. The SMILES string of the molecule is CCC(C)N(CC)S(=O)(=O)c1ccccc1O. The van der Waals surface area contributed by atoms with Gasteiger partial charge in [-0.2, -0.15) is 4.31 Å². The Bertz CT molecular complexity index is 470. The van der Waals surface area contributed by atoms with Crippen molar-refractivity contribution >= 4 is 10.0 Å². The van der Waals surface area contributed by atoms with Crippen LogP contribution in [0.4, 0.5) is 0 Å². The lowest BCUT2D eigenvalue weighted by molar-refractivity contribution is 0.340. The molecule has 0 saturated heterocycles. The maximum atomic E-state index is 12.4. The molecule has 5 heteroatoms. The summed E-state index contributed by atoms with van der Waals surface area (Å²) >= 11 is 0. The first-order valence-electron chi connectivity index (χ1n) is 5.75. The highest BCUT2D eigenvalue weighted by Gasteiger charge is 2.28. The fourth-order valence-electron chi connectivity index (χ4n) is 1.72. The van der Waals surface area contributed by atoms with Crippen LogP contribution < -0.4 is 0 Å². The monoisotopic (exact) mass is 257 g/mol. The van der Waals surface area contributed by atoms with Gasteiger partial charge in [-0.05, 0) is 25.5 Å². The van der Waals surface area contributed by atoms with Crippen LogP contribution in [0.2, 0.25) is 0 Å². The zero-order valence-electron chi connectivity index (χ0n) is 10.4. The van der Waals surface area contributed by atoms with E-state index in [1.807, 2.05) is 13.8 Å². The van der Waals surface area contributed by atoms with E-state index in [0.717, 1.165) is 6.42 Å². The normalized spacial score (nSPS) is 13.9. The Balaban J connectivity index is 3.23. The lowest BCUT2D eigenvalue weighted by Gasteiger charge is -2.26. The zero-order valence-corrected chi connectivity index (χ0v) is 11.2. The largest absolute Gasteiger partial charge is 0.507 e. The van der Waals surface area contributed by atoms with E-state index in [9.17, 15) is 13.5 Å². The van der Waals surface area contributed by atoms with Crippen molar-refractivity contribution in [2.24, 2.45) is 0 Å². The smallest absolute Gasteiger partial charge is 0.246 e. The third-order valence-corrected chi connectivity index (χ3v) is 4.98. The van der Waals surface area contributed by atoms with E-state index in [1.54, 1.807) is 19.1 Å². The average Bonchev–Trinajstić information content (AvgIpc) is 2.29. The van der Waals surface area contributed by atoms with Gasteiger partial charge in [0, 0.05) is 12.6 Å². The van der Waals surface area contributed by atoms with E-state index in [2.05, 4.69) is 0 Å². The van der Waals surface area contributed by atoms with Crippen molar-refractivity contribution in [2.45, 2.75) is 38.1 Å². The Morgan fingerprint density at radius 3 is 2.35 bits per heavy atom. The van der Waals surface area contributed by atoms with E-state index < -0.39 is 10.0 Å². The second-order valence-electron chi connectivity index (χ2n) is 3.93. The molecule has 1 aromatic carbocycles. The number of nitrogens with zero attached hydrogens (tertiary/aromatic N) is 1. The molecule has 0 amide bonds. The van der Waals surface area contributed by atoms with Gasteiger partial charge in [-0.15, -0.1) is 0 Å². The third-order valence-electron chi connectivity index (χ3n) is 2.85. The van der Waals surface area contributed by atoms with Crippen LogP contribution in [0.1, 0.15) is 27.2 Å². The van der Waals surface area contributed by atoms with E-state index in [4.69, 9.17) is 0 Å². The number of hydrogen-bond acceptors (Lipinski definition) is 3. The van der Waals surface area contributed by atoms with Crippen molar-refractivity contribution in [3.63, 3.8) is 0 Å². The standard InChI is InChI=1S/C12H19NO3S/c1-4-10(3)13(5-2)17(15,16)12-9-7-6-8-11(12)14/h6-10,14H,4-5H2,1-3H3. The summed E-state index contributed by atoms with van der Waals surface area (Å²) in [5.41, 5.74) is 0. The molecule has 4 nitrogen and oxygen atoms in total. The molecule has 0 heterocycles. The fraction of sp³-hybridized carbons (Fsp3) is 0.500. The second kappa shape index (κ2) is 5.51. The predicted octanol–water partition coefficient (Wildman–Crippen LogP) is 2.20. The lowest BCUT2D eigenvalue weighted by Crippen LogP contribution is -2.38. The van der Waals surface area contributed by atoms with Crippen LogP contribution >= 0.6 is 0 Å². The zero-order chi connectivity index (χ0) is 13.1. The molecule has 1 rings (SSSR count). The number of phenols is 1. The first kappa shape index (κ1) is 14.0. The fourth-order valence-corrected chi connectivity index (χ4v) is 3.52. The van der Waals surface area contributed by atoms with Gasteiger partial charge in [0.1, 0.15) is 10.6 Å². The van der Waals surface area contributed by atoms with Gasteiger partial charge in [0.2, 0.25) is 10.0 Å². The summed E-state index contributed by atoms with van der Waals surface area (Å²) in [5, 5.41) is 9.64. The molecular formula is C12H19NO3S. The van der Waals surface area contributed by atoms with E-state index in [-0.39, 0.29) is 16.7 Å². The lowest BCUT2D eigenvalue weighted by atomic mass is 10.3. The number of aromatic hydroxyl groups is 1. The van der Waals surface area contributed by atoms with Gasteiger partial charge in [0.15, 0.2) is 0 Å². The van der Waals surface area contributed by atoms with Crippen molar-refractivity contribution < 1.29 is 13.5 Å². The summed E-state index contributed by atoms with van der Waals surface area (Å²) in [6, 6.07) is 5.95. The molecule has 0 aliphatic carbocycles. The molecule has 1 N–H and O–H groups in total. The van der Waals surface area contributed by atoms with E-state index in [1.165, 1.54) is 16.4 Å².